The van der Waals surface area contributed by atoms with Gasteiger partial charge in [-0.25, -0.2) is 4.39 Å². The Kier molecular flexibility index (Phi) is 5.07. The highest BCUT2D eigenvalue weighted by Crippen LogP contribution is 2.29. The van der Waals surface area contributed by atoms with Gasteiger partial charge in [0.2, 0.25) is 0 Å². The molecule has 20 heavy (non-hydrogen) atoms. The van der Waals surface area contributed by atoms with Crippen LogP contribution in [0.1, 0.15) is 18.9 Å². The molecule has 0 aliphatic rings. The first-order valence-electron chi connectivity index (χ1n) is 6.74. The van der Waals surface area contributed by atoms with Crippen LogP contribution in [0.25, 0.3) is 11.3 Å². The summed E-state index contributed by atoms with van der Waals surface area (Å²) >= 11 is 0. The smallest absolute Gasteiger partial charge is 0.145 e. The van der Waals surface area contributed by atoms with Crippen LogP contribution in [0.2, 0.25) is 0 Å². The van der Waals surface area contributed by atoms with Gasteiger partial charge in [0.05, 0.1) is 7.11 Å². The first-order valence-corrected chi connectivity index (χ1v) is 6.74. The van der Waals surface area contributed by atoms with E-state index in [9.17, 15) is 4.39 Å². The van der Waals surface area contributed by atoms with Gasteiger partial charge >= 0.3 is 0 Å². The summed E-state index contributed by atoms with van der Waals surface area (Å²) in [6, 6.07) is 8.76. The standard InChI is InChI=1S/C16H19FN2O/c1-3-8-18-11-12-6-7-13(14(17)10-12)16-15(20-2)5-4-9-19-16/h4-7,9-10,18H,3,8,11H2,1-2H3. The Morgan fingerprint density at radius 1 is 1.30 bits per heavy atom. The number of hydrogen-bond donors (Lipinski definition) is 1. The molecule has 0 fully saturated rings. The fraction of sp³-hybridized carbons (Fsp3) is 0.312. The van der Waals surface area contributed by atoms with Crippen molar-refractivity contribution in [2.45, 2.75) is 19.9 Å². The quantitative estimate of drug-likeness (QED) is 0.820. The molecule has 1 aromatic heterocycles. The van der Waals surface area contributed by atoms with E-state index in [-0.39, 0.29) is 5.82 Å². The monoisotopic (exact) mass is 274 g/mol. The molecule has 2 aromatic rings. The van der Waals surface area contributed by atoms with Crippen LogP contribution in [0.5, 0.6) is 5.75 Å². The Hall–Kier alpha value is -1.94. The minimum absolute atomic E-state index is 0.280. The molecule has 106 valence electrons. The molecule has 0 amide bonds. The van der Waals surface area contributed by atoms with Crippen LogP contribution in [0.15, 0.2) is 36.5 Å². The molecule has 1 heterocycles. The number of halogens is 1. The molecule has 0 aliphatic heterocycles. The molecule has 1 aromatic carbocycles. The maximum atomic E-state index is 14.2. The van der Waals surface area contributed by atoms with Crippen molar-refractivity contribution < 1.29 is 9.13 Å². The minimum atomic E-state index is -0.280. The van der Waals surface area contributed by atoms with Crippen molar-refractivity contribution in [2.24, 2.45) is 0 Å². The second kappa shape index (κ2) is 7.01. The topological polar surface area (TPSA) is 34.2 Å². The minimum Gasteiger partial charge on any atom is -0.494 e. The zero-order valence-electron chi connectivity index (χ0n) is 11.8. The van der Waals surface area contributed by atoms with Gasteiger partial charge in [-0.15, -0.1) is 0 Å². The summed E-state index contributed by atoms with van der Waals surface area (Å²) in [4.78, 5) is 4.21. The second-order valence-electron chi connectivity index (χ2n) is 4.55. The summed E-state index contributed by atoms with van der Waals surface area (Å²) in [7, 11) is 1.56. The maximum absolute atomic E-state index is 14.2. The van der Waals surface area contributed by atoms with Gasteiger partial charge in [-0.1, -0.05) is 13.0 Å². The summed E-state index contributed by atoms with van der Waals surface area (Å²) in [5, 5.41) is 3.25. The Labute approximate surface area is 118 Å². The first-order chi connectivity index (χ1) is 9.76. The predicted molar refractivity (Wildman–Crippen MR) is 78.2 cm³/mol. The molecule has 0 radical (unpaired) electrons. The average molecular weight is 274 g/mol. The number of nitrogens with zero attached hydrogens (tertiary/aromatic N) is 1. The van der Waals surface area contributed by atoms with E-state index in [1.165, 1.54) is 0 Å². The number of benzene rings is 1. The molecule has 0 saturated carbocycles. The van der Waals surface area contributed by atoms with E-state index in [0.717, 1.165) is 18.5 Å². The van der Waals surface area contributed by atoms with Crippen molar-refractivity contribution in [3.05, 3.63) is 47.9 Å². The van der Waals surface area contributed by atoms with Crippen LogP contribution in [0, 0.1) is 5.82 Å². The van der Waals surface area contributed by atoms with Crippen molar-refractivity contribution in [1.82, 2.24) is 10.3 Å². The summed E-state index contributed by atoms with van der Waals surface area (Å²) in [5.74, 6) is 0.293. The summed E-state index contributed by atoms with van der Waals surface area (Å²) in [5.41, 5.74) is 1.91. The third kappa shape index (κ3) is 3.33. The van der Waals surface area contributed by atoms with Gasteiger partial charge < -0.3 is 10.1 Å². The number of hydrogen-bond acceptors (Lipinski definition) is 3. The van der Waals surface area contributed by atoms with Crippen LogP contribution in [0.3, 0.4) is 0 Å². The van der Waals surface area contributed by atoms with E-state index in [4.69, 9.17) is 4.74 Å². The number of aromatic nitrogens is 1. The lowest BCUT2D eigenvalue weighted by Crippen LogP contribution is -2.13. The fourth-order valence-corrected chi connectivity index (χ4v) is 2.03. The highest BCUT2D eigenvalue weighted by atomic mass is 19.1. The molecule has 1 N–H and O–H groups in total. The van der Waals surface area contributed by atoms with Gasteiger partial charge in [-0.2, -0.15) is 0 Å². The highest BCUT2D eigenvalue weighted by molar-refractivity contribution is 5.66. The fourth-order valence-electron chi connectivity index (χ4n) is 2.03. The van der Waals surface area contributed by atoms with Crippen molar-refractivity contribution >= 4 is 0 Å². The van der Waals surface area contributed by atoms with Crippen LogP contribution < -0.4 is 10.1 Å². The highest BCUT2D eigenvalue weighted by Gasteiger charge is 2.12. The summed E-state index contributed by atoms with van der Waals surface area (Å²) in [6.07, 6.45) is 2.69. The van der Waals surface area contributed by atoms with Gasteiger partial charge in [-0.05, 0) is 42.8 Å². The summed E-state index contributed by atoms with van der Waals surface area (Å²) < 4.78 is 19.5. The average Bonchev–Trinajstić information content (AvgIpc) is 2.48. The lowest BCUT2D eigenvalue weighted by Gasteiger charge is -2.10. The Balaban J connectivity index is 2.25. The van der Waals surface area contributed by atoms with Crippen LogP contribution >= 0.6 is 0 Å². The zero-order chi connectivity index (χ0) is 14.4. The molecule has 2 rings (SSSR count). The van der Waals surface area contributed by atoms with Gasteiger partial charge in [0.15, 0.2) is 0 Å². The first kappa shape index (κ1) is 14.5. The van der Waals surface area contributed by atoms with Gasteiger partial charge in [-0.3, -0.25) is 4.98 Å². The third-order valence-electron chi connectivity index (χ3n) is 3.04. The van der Waals surface area contributed by atoms with E-state index in [1.807, 2.05) is 6.07 Å². The number of ether oxygens (including phenoxy) is 1. The van der Waals surface area contributed by atoms with E-state index < -0.39 is 0 Å². The molecule has 0 bridgehead atoms. The maximum Gasteiger partial charge on any atom is 0.145 e. The summed E-state index contributed by atoms with van der Waals surface area (Å²) in [6.45, 7) is 3.70. The molecule has 0 unspecified atom stereocenters. The molecule has 0 atom stereocenters. The third-order valence-corrected chi connectivity index (χ3v) is 3.04. The molecular formula is C16H19FN2O. The molecule has 0 saturated heterocycles. The molecule has 0 spiro atoms. The molecular weight excluding hydrogens is 255 g/mol. The van der Waals surface area contributed by atoms with Crippen molar-refractivity contribution in [3.63, 3.8) is 0 Å². The largest absolute Gasteiger partial charge is 0.494 e. The van der Waals surface area contributed by atoms with Crippen molar-refractivity contribution in [2.75, 3.05) is 13.7 Å². The zero-order valence-corrected chi connectivity index (χ0v) is 11.8. The Bertz CT molecular complexity index is 572. The number of pyridine rings is 1. The van der Waals surface area contributed by atoms with E-state index in [1.54, 1.807) is 37.6 Å². The van der Waals surface area contributed by atoms with Crippen molar-refractivity contribution in [1.29, 1.82) is 0 Å². The van der Waals surface area contributed by atoms with Crippen LogP contribution in [-0.2, 0) is 6.54 Å². The van der Waals surface area contributed by atoms with E-state index in [2.05, 4.69) is 17.2 Å². The normalized spacial score (nSPS) is 10.6. The second-order valence-corrected chi connectivity index (χ2v) is 4.55. The van der Waals surface area contributed by atoms with Crippen molar-refractivity contribution in [3.8, 4) is 17.0 Å². The molecule has 4 heteroatoms. The predicted octanol–water partition coefficient (Wildman–Crippen LogP) is 3.40. The van der Waals surface area contributed by atoms with E-state index >= 15 is 0 Å². The SMILES string of the molecule is CCCNCc1ccc(-c2ncccc2OC)c(F)c1. The van der Waals surface area contributed by atoms with Crippen LogP contribution in [-0.4, -0.2) is 18.6 Å². The van der Waals surface area contributed by atoms with Crippen LogP contribution in [0.4, 0.5) is 4.39 Å². The molecule has 0 aliphatic carbocycles. The van der Waals surface area contributed by atoms with E-state index in [0.29, 0.717) is 23.6 Å². The number of rotatable bonds is 6. The Morgan fingerprint density at radius 3 is 2.85 bits per heavy atom. The Morgan fingerprint density at radius 2 is 2.15 bits per heavy atom. The number of nitrogens with one attached hydrogen (secondary N) is 1. The number of methoxy groups -OCH3 is 1. The van der Waals surface area contributed by atoms with Gasteiger partial charge in [0.25, 0.3) is 0 Å². The molecule has 3 nitrogen and oxygen atoms in total. The van der Waals surface area contributed by atoms with Gasteiger partial charge in [0, 0.05) is 18.3 Å². The lowest BCUT2D eigenvalue weighted by atomic mass is 10.1. The lowest BCUT2D eigenvalue weighted by molar-refractivity contribution is 0.414. The van der Waals surface area contributed by atoms with Gasteiger partial charge in [0.1, 0.15) is 17.3 Å².